The van der Waals surface area contributed by atoms with E-state index in [0.717, 1.165) is 25.7 Å². The fraction of sp³-hybridized carbons (Fsp3) is 0.600. The van der Waals surface area contributed by atoms with Crippen molar-refractivity contribution in [3.8, 4) is 0 Å². The Morgan fingerprint density at radius 1 is 1.16 bits per heavy atom. The molecule has 2 aliphatic rings. The van der Waals surface area contributed by atoms with Crippen LogP contribution in [-0.4, -0.2) is 79.9 Å². The summed E-state index contributed by atoms with van der Waals surface area (Å²) in [5.41, 5.74) is 0.298. The average molecular weight is 623 g/mol. The van der Waals surface area contributed by atoms with Gasteiger partial charge in [0.05, 0.1) is 42.7 Å². The molecule has 18 heteroatoms. The van der Waals surface area contributed by atoms with E-state index >= 15 is 0 Å². The summed E-state index contributed by atoms with van der Waals surface area (Å²) in [6.07, 6.45) is -2.32. The molecule has 43 heavy (non-hydrogen) atoms. The van der Waals surface area contributed by atoms with Gasteiger partial charge < -0.3 is 20.3 Å². The minimum atomic E-state index is -4.50. The number of amides is 3. The zero-order valence-electron chi connectivity index (χ0n) is 24.0. The van der Waals surface area contributed by atoms with Gasteiger partial charge >= 0.3 is 18.4 Å². The molecule has 1 saturated heterocycles. The molecule has 12 nitrogen and oxygen atoms in total. The van der Waals surface area contributed by atoms with Crippen molar-refractivity contribution in [3.63, 3.8) is 0 Å². The average Bonchev–Trinajstić information content (AvgIpc) is 3.32. The molecule has 0 radical (unpaired) electrons. The normalized spacial score (nSPS) is 17.1. The third-order valence-corrected chi connectivity index (χ3v) is 6.19. The molecule has 1 atom stereocenters. The predicted molar refractivity (Wildman–Crippen MR) is 138 cm³/mol. The fourth-order valence-corrected chi connectivity index (χ4v) is 3.26. The zero-order chi connectivity index (χ0) is 32.2. The van der Waals surface area contributed by atoms with Crippen LogP contribution in [0.15, 0.2) is 23.1 Å². The highest BCUT2D eigenvalue weighted by Gasteiger charge is 2.46. The highest BCUT2D eigenvalue weighted by atomic mass is 19.4. The summed E-state index contributed by atoms with van der Waals surface area (Å²) in [5.74, 6) is -0.473. The van der Waals surface area contributed by atoms with Gasteiger partial charge in [-0.2, -0.15) is 31.4 Å². The lowest BCUT2D eigenvalue weighted by molar-refractivity contribution is -0.204. The second kappa shape index (κ2) is 13.1. The van der Waals surface area contributed by atoms with Crippen LogP contribution in [0.1, 0.15) is 61.1 Å². The number of nitrogens with one attached hydrogen (secondary N) is 2. The van der Waals surface area contributed by atoms with Crippen molar-refractivity contribution in [3.05, 3.63) is 41.1 Å². The van der Waals surface area contributed by atoms with E-state index in [0.29, 0.717) is 28.7 Å². The fourth-order valence-electron chi connectivity index (χ4n) is 3.26. The van der Waals surface area contributed by atoms with Crippen molar-refractivity contribution in [2.24, 2.45) is 5.41 Å². The number of carbonyl (C=O) groups excluding carboxylic acids is 2. The van der Waals surface area contributed by atoms with Crippen molar-refractivity contribution in [1.82, 2.24) is 40.4 Å². The van der Waals surface area contributed by atoms with Crippen LogP contribution in [-0.2, 0) is 17.8 Å². The Morgan fingerprint density at radius 3 is 2.28 bits per heavy atom. The lowest BCUT2D eigenvalue weighted by Crippen LogP contribution is -2.40. The summed E-state index contributed by atoms with van der Waals surface area (Å²) in [6.45, 7) is 4.59. The largest absolute Gasteiger partial charge is 0.410 e. The number of hydrogen-bond donors (Lipinski definition) is 2. The SMILES string of the molecule is CC(C)(C)C(F)(F)F.COC1CC1.Cc1nonc1C(=O)NCc1cn2ncc(CN3CC(C(F)(F)F)NC3=O)cc2n1. The highest BCUT2D eigenvalue weighted by Crippen LogP contribution is 2.36. The zero-order valence-corrected chi connectivity index (χ0v) is 24.0. The van der Waals surface area contributed by atoms with Crippen LogP contribution >= 0.6 is 0 Å². The number of fused-ring (bicyclic) bond motifs is 1. The van der Waals surface area contributed by atoms with E-state index in [-0.39, 0.29) is 18.8 Å². The van der Waals surface area contributed by atoms with Crippen molar-refractivity contribution in [2.75, 3.05) is 13.7 Å². The molecule has 2 fully saturated rings. The molecule has 0 spiro atoms. The van der Waals surface area contributed by atoms with Crippen molar-refractivity contribution < 1.29 is 45.3 Å². The lowest BCUT2D eigenvalue weighted by Gasteiger charge is -2.21. The topological polar surface area (TPSA) is 140 Å². The van der Waals surface area contributed by atoms with Gasteiger partial charge in [-0.3, -0.25) is 4.79 Å². The smallest absolute Gasteiger partial charge is 0.381 e. The third-order valence-electron chi connectivity index (χ3n) is 6.19. The molecule has 3 aromatic heterocycles. The summed E-state index contributed by atoms with van der Waals surface area (Å²) < 4.78 is 83.9. The standard InChI is InChI=1S/C16H15F3N8O3.C5H9F3.C4H8O/c1-8-13(25-30-24-8)14(28)20-4-10-6-27-12(22-10)2-9(3-21-27)5-26-7-11(16(17,18)19)23-15(26)29;1-4(2,3)5(6,7)8;1-5-4-2-3-4/h2-3,6,11H,4-5,7H2,1H3,(H,20,28)(H,23,29);1-3H3;4H,2-3H2,1H3. The molecule has 4 heterocycles. The number of aryl methyl sites for hydroxylation is 1. The van der Waals surface area contributed by atoms with E-state index < -0.39 is 42.3 Å². The predicted octanol–water partition coefficient (Wildman–Crippen LogP) is 4.20. The van der Waals surface area contributed by atoms with Gasteiger partial charge in [-0.1, -0.05) is 25.9 Å². The van der Waals surface area contributed by atoms with Gasteiger partial charge in [0, 0.05) is 13.7 Å². The van der Waals surface area contributed by atoms with E-state index in [1.807, 2.05) is 5.32 Å². The maximum Gasteiger partial charge on any atom is 0.410 e. The van der Waals surface area contributed by atoms with Gasteiger partial charge in [0.25, 0.3) is 5.91 Å². The number of carbonyl (C=O) groups is 2. The molecule has 2 N–H and O–H groups in total. The van der Waals surface area contributed by atoms with Gasteiger partial charge in [-0.25, -0.2) is 18.9 Å². The first-order valence-electron chi connectivity index (χ1n) is 13.0. The minimum Gasteiger partial charge on any atom is -0.381 e. The number of aromatic nitrogens is 5. The number of hydrogen-bond acceptors (Lipinski definition) is 8. The van der Waals surface area contributed by atoms with Gasteiger partial charge in [-0.15, -0.1) is 0 Å². The molecule has 1 unspecified atom stereocenters. The second-order valence-corrected chi connectivity index (χ2v) is 10.9. The number of imidazole rings is 1. The number of rotatable bonds is 6. The molecule has 0 aromatic carbocycles. The van der Waals surface area contributed by atoms with Gasteiger partial charge in [-0.05, 0) is 36.6 Å². The van der Waals surface area contributed by atoms with Crippen molar-refractivity contribution in [2.45, 2.75) is 78.1 Å². The van der Waals surface area contributed by atoms with E-state index in [2.05, 4.69) is 30.3 Å². The molecule has 1 aliphatic heterocycles. The second-order valence-electron chi connectivity index (χ2n) is 10.9. The number of ether oxygens (including phenoxy) is 1. The first-order chi connectivity index (χ1) is 19.9. The van der Waals surface area contributed by atoms with Crippen LogP contribution < -0.4 is 10.6 Å². The Bertz CT molecular complexity index is 1380. The third kappa shape index (κ3) is 9.52. The molecule has 1 saturated carbocycles. The van der Waals surface area contributed by atoms with Crippen LogP contribution in [0.2, 0.25) is 0 Å². The molecular formula is C25H32F6N8O4. The summed E-state index contributed by atoms with van der Waals surface area (Å²) in [6, 6.07) is -1.08. The first kappa shape index (κ1) is 33.5. The van der Waals surface area contributed by atoms with Crippen LogP contribution in [0.3, 0.4) is 0 Å². The number of urea groups is 1. The first-order valence-corrected chi connectivity index (χ1v) is 13.0. The van der Waals surface area contributed by atoms with Crippen molar-refractivity contribution in [1.29, 1.82) is 0 Å². The lowest BCUT2D eigenvalue weighted by atomic mass is 9.96. The number of methoxy groups -OCH3 is 1. The highest BCUT2D eigenvalue weighted by molar-refractivity contribution is 5.92. The summed E-state index contributed by atoms with van der Waals surface area (Å²) >= 11 is 0. The van der Waals surface area contributed by atoms with E-state index in [4.69, 9.17) is 4.74 Å². The Balaban J connectivity index is 0.000000323. The molecular weight excluding hydrogens is 590 g/mol. The van der Waals surface area contributed by atoms with Crippen LogP contribution in [0.25, 0.3) is 5.65 Å². The van der Waals surface area contributed by atoms with Gasteiger partial charge in [0.1, 0.15) is 11.7 Å². The Kier molecular flexibility index (Phi) is 10.2. The molecule has 3 aromatic rings. The molecule has 3 amide bonds. The van der Waals surface area contributed by atoms with Crippen LogP contribution in [0.5, 0.6) is 0 Å². The molecule has 1 aliphatic carbocycles. The van der Waals surface area contributed by atoms with E-state index in [1.54, 1.807) is 26.3 Å². The number of halogens is 6. The van der Waals surface area contributed by atoms with E-state index in [9.17, 15) is 35.9 Å². The van der Waals surface area contributed by atoms with E-state index in [1.165, 1.54) is 23.6 Å². The molecule has 238 valence electrons. The number of alkyl halides is 6. The van der Waals surface area contributed by atoms with Crippen molar-refractivity contribution >= 4 is 17.6 Å². The molecule has 0 bridgehead atoms. The maximum absolute atomic E-state index is 12.8. The van der Waals surface area contributed by atoms with Gasteiger partial charge in [0.2, 0.25) is 0 Å². The quantitative estimate of drug-likeness (QED) is 0.390. The summed E-state index contributed by atoms with van der Waals surface area (Å²) in [4.78, 5) is 29.2. The van der Waals surface area contributed by atoms with Gasteiger partial charge in [0.15, 0.2) is 11.3 Å². The maximum atomic E-state index is 12.8. The minimum absolute atomic E-state index is 0.0424. The molecule has 5 rings (SSSR count). The Hall–Kier alpha value is -3.96. The Morgan fingerprint density at radius 2 is 1.81 bits per heavy atom. The summed E-state index contributed by atoms with van der Waals surface area (Å²) in [5, 5.41) is 15.7. The Labute approximate surface area is 242 Å². The van der Waals surface area contributed by atoms with Crippen LogP contribution in [0.4, 0.5) is 31.1 Å². The number of nitrogens with zero attached hydrogens (tertiary/aromatic N) is 6. The van der Waals surface area contributed by atoms with Crippen LogP contribution in [0, 0.1) is 12.3 Å². The monoisotopic (exact) mass is 622 g/mol. The summed E-state index contributed by atoms with van der Waals surface area (Å²) in [7, 11) is 1.76.